The van der Waals surface area contributed by atoms with Gasteiger partial charge in [0.2, 0.25) is 6.36 Å². The molecule has 1 rings (SSSR count). The Morgan fingerprint density at radius 3 is 2.67 bits per heavy atom. The van der Waals surface area contributed by atoms with Gasteiger partial charge in [-0.05, 0) is 13.8 Å². The van der Waals surface area contributed by atoms with Gasteiger partial charge in [0, 0.05) is 5.54 Å². The Bertz CT molecular complexity index is 95.2. The molecule has 9 heavy (non-hydrogen) atoms. The minimum Gasteiger partial charge on any atom is -0.345 e. The van der Waals surface area contributed by atoms with E-state index in [2.05, 4.69) is 5.32 Å². The predicted molar refractivity (Wildman–Crippen MR) is 32.9 cm³/mol. The Kier molecular flexibility index (Phi) is 1.73. The van der Waals surface area contributed by atoms with E-state index in [1.807, 2.05) is 13.8 Å². The van der Waals surface area contributed by atoms with Gasteiger partial charge in [0.1, 0.15) is 0 Å². The Hall–Kier alpha value is -0.150. The number of ether oxygens (including phenoxy) is 1. The summed E-state index contributed by atoms with van der Waals surface area (Å²) in [6.45, 7) is 4.74. The van der Waals surface area contributed by atoms with Crippen molar-refractivity contribution in [3.8, 4) is 0 Å². The van der Waals surface area contributed by atoms with Crippen LogP contribution < -0.4 is 5.32 Å². The Balaban J connectivity index is 2.35. The average Bonchev–Trinajstić information content (AvgIpc) is 1.78. The van der Waals surface area contributed by atoms with Crippen LogP contribution >= 0.6 is 0 Å². The lowest BCUT2D eigenvalue weighted by atomic mass is 10.1. The van der Waals surface area contributed by atoms with E-state index in [9.17, 15) is 4.39 Å². The summed E-state index contributed by atoms with van der Waals surface area (Å²) in [5, 5.41) is 3.01. The van der Waals surface area contributed by atoms with Crippen LogP contribution in [0.25, 0.3) is 0 Å². The van der Waals surface area contributed by atoms with Crippen LogP contribution in [0.2, 0.25) is 0 Å². The number of alkyl halides is 1. The second kappa shape index (κ2) is 2.23. The maximum atomic E-state index is 12.2. The van der Waals surface area contributed by atoms with Crippen molar-refractivity contribution in [3.05, 3.63) is 0 Å². The van der Waals surface area contributed by atoms with E-state index in [0.29, 0.717) is 13.2 Å². The monoisotopic (exact) mass is 133 g/mol. The molecule has 0 saturated carbocycles. The lowest BCUT2D eigenvalue weighted by molar-refractivity contribution is -0.0908. The minimum absolute atomic E-state index is 0.0530. The van der Waals surface area contributed by atoms with Crippen molar-refractivity contribution in [1.82, 2.24) is 5.32 Å². The second-order valence-corrected chi connectivity index (χ2v) is 2.99. The summed E-state index contributed by atoms with van der Waals surface area (Å²) in [5.74, 6) is 0. The molecule has 1 heterocycles. The van der Waals surface area contributed by atoms with Crippen LogP contribution in [0.15, 0.2) is 0 Å². The van der Waals surface area contributed by atoms with Crippen LogP contribution in [0.5, 0.6) is 0 Å². The van der Waals surface area contributed by atoms with Gasteiger partial charge in [0.05, 0.1) is 13.2 Å². The zero-order valence-electron chi connectivity index (χ0n) is 5.78. The Labute approximate surface area is 54.4 Å². The van der Waals surface area contributed by atoms with E-state index in [4.69, 9.17) is 4.74 Å². The van der Waals surface area contributed by atoms with Crippen LogP contribution in [0.4, 0.5) is 4.39 Å². The zero-order chi connectivity index (χ0) is 6.91. The van der Waals surface area contributed by atoms with E-state index < -0.39 is 6.36 Å². The van der Waals surface area contributed by atoms with E-state index >= 15 is 0 Å². The molecule has 1 saturated heterocycles. The molecule has 0 aromatic heterocycles. The Morgan fingerprint density at radius 1 is 1.67 bits per heavy atom. The molecule has 0 spiro atoms. The number of halogens is 1. The maximum Gasteiger partial charge on any atom is 0.211 e. The van der Waals surface area contributed by atoms with Gasteiger partial charge in [-0.15, -0.1) is 0 Å². The molecule has 1 N–H and O–H groups in total. The average molecular weight is 133 g/mol. The maximum absolute atomic E-state index is 12.2. The largest absolute Gasteiger partial charge is 0.345 e. The quantitative estimate of drug-likeness (QED) is 0.524. The van der Waals surface area contributed by atoms with Crippen molar-refractivity contribution >= 4 is 0 Å². The van der Waals surface area contributed by atoms with Gasteiger partial charge < -0.3 is 10.1 Å². The van der Waals surface area contributed by atoms with Crippen molar-refractivity contribution in [2.24, 2.45) is 0 Å². The van der Waals surface area contributed by atoms with Gasteiger partial charge in [-0.3, -0.25) is 0 Å². The molecular weight excluding hydrogens is 121 g/mol. The normalized spacial score (nSPS) is 34.3. The molecule has 0 aromatic rings. The summed E-state index contributed by atoms with van der Waals surface area (Å²) in [6.07, 6.45) is -1.11. The van der Waals surface area contributed by atoms with Crippen molar-refractivity contribution < 1.29 is 9.13 Å². The van der Waals surface area contributed by atoms with Gasteiger partial charge >= 0.3 is 0 Å². The molecule has 0 radical (unpaired) electrons. The summed E-state index contributed by atoms with van der Waals surface area (Å²) in [6, 6.07) is 0. The smallest absolute Gasteiger partial charge is 0.211 e. The van der Waals surface area contributed by atoms with E-state index in [1.165, 1.54) is 0 Å². The molecule has 3 heteroatoms. The third-order valence-electron chi connectivity index (χ3n) is 1.37. The lowest BCUT2D eigenvalue weighted by Crippen LogP contribution is -2.52. The number of hydrogen-bond acceptors (Lipinski definition) is 2. The van der Waals surface area contributed by atoms with Crippen LogP contribution in [0.3, 0.4) is 0 Å². The van der Waals surface area contributed by atoms with Crippen molar-refractivity contribution in [2.45, 2.75) is 25.7 Å². The van der Waals surface area contributed by atoms with Crippen molar-refractivity contribution in [3.63, 3.8) is 0 Å². The summed E-state index contributed by atoms with van der Waals surface area (Å²) in [5.41, 5.74) is -0.0530. The van der Waals surface area contributed by atoms with E-state index in [0.717, 1.165) is 0 Å². The third-order valence-corrected chi connectivity index (χ3v) is 1.37. The molecule has 1 fully saturated rings. The first kappa shape index (κ1) is 6.96. The number of nitrogens with one attached hydrogen (secondary N) is 1. The summed E-state index contributed by atoms with van der Waals surface area (Å²) in [4.78, 5) is 0. The molecule has 1 unspecified atom stereocenters. The highest BCUT2D eigenvalue weighted by Crippen LogP contribution is 2.10. The highest BCUT2D eigenvalue weighted by molar-refractivity contribution is 4.80. The molecule has 1 atom stereocenters. The first-order chi connectivity index (χ1) is 4.10. The molecule has 0 bridgehead atoms. The fraction of sp³-hybridized carbons (Fsp3) is 1.00. The van der Waals surface area contributed by atoms with Gasteiger partial charge in [-0.2, -0.15) is 0 Å². The first-order valence-electron chi connectivity index (χ1n) is 3.11. The zero-order valence-corrected chi connectivity index (χ0v) is 5.78. The number of rotatable bonds is 0. The molecule has 1 aliphatic heterocycles. The molecule has 1 aliphatic rings. The van der Waals surface area contributed by atoms with Crippen molar-refractivity contribution in [2.75, 3.05) is 13.2 Å². The highest BCUT2D eigenvalue weighted by Gasteiger charge is 2.25. The summed E-state index contributed by atoms with van der Waals surface area (Å²) in [7, 11) is 0. The Morgan fingerprint density at radius 2 is 2.33 bits per heavy atom. The van der Waals surface area contributed by atoms with Crippen LogP contribution in [-0.2, 0) is 4.74 Å². The first-order valence-corrected chi connectivity index (χ1v) is 3.11. The molecule has 0 aromatic carbocycles. The van der Waals surface area contributed by atoms with Gasteiger partial charge in [0.25, 0.3) is 0 Å². The predicted octanol–water partition coefficient (Wildman–Crippen LogP) is 0.680. The molecule has 0 amide bonds. The minimum atomic E-state index is -1.11. The fourth-order valence-electron chi connectivity index (χ4n) is 0.765. The van der Waals surface area contributed by atoms with Gasteiger partial charge in [0.15, 0.2) is 0 Å². The van der Waals surface area contributed by atoms with Crippen LogP contribution in [0, 0.1) is 0 Å². The van der Waals surface area contributed by atoms with Crippen LogP contribution in [0.1, 0.15) is 13.8 Å². The SMILES string of the molecule is CC1(C)COC(F)CN1. The van der Waals surface area contributed by atoms with E-state index in [1.54, 1.807) is 0 Å². The molecule has 54 valence electrons. The fourth-order valence-corrected chi connectivity index (χ4v) is 0.765. The van der Waals surface area contributed by atoms with Crippen LogP contribution in [-0.4, -0.2) is 25.0 Å². The van der Waals surface area contributed by atoms with Gasteiger partial charge in [-0.1, -0.05) is 0 Å². The number of morpholine rings is 1. The standard InChI is InChI=1S/C6H12FNO/c1-6(2)4-9-5(7)3-8-6/h5,8H,3-4H2,1-2H3. The van der Waals surface area contributed by atoms with E-state index in [-0.39, 0.29) is 5.54 Å². The topological polar surface area (TPSA) is 21.3 Å². The molecule has 2 nitrogen and oxygen atoms in total. The summed E-state index contributed by atoms with van der Waals surface area (Å²) < 4.78 is 17.0. The second-order valence-electron chi connectivity index (χ2n) is 2.99. The third kappa shape index (κ3) is 1.91. The molecule has 0 aliphatic carbocycles. The van der Waals surface area contributed by atoms with Crippen molar-refractivity contribution in [1.29, 1.82) is 0 Å². The van der Waals surface area contributed by atoms with Gasteiger partial charge in [-0.25, -0.2) is 4.39 Å². The molecular formula is C6H12FNO. The lowest BCUT2D eigenvalue weighted by Gasteiger charge is -2.32. The highest BCUT2D eigenvalue weighted by atomic mass is 19.1. The number of hydrogen-bond donors (Lipinski definition) is 1. The summed E-state index contributed by atoms with van der Waals surface area (Å²) >= 11 is 0.